The van der Waals surface area contributed by atoms with Gasteiger partial charge in [-0.25, -0.2) is 8.78 Å². The van der Waals surface area contributed by atoms with Crippen LogP contribution in [0.3, 0.4) is 0 Å². The minimum absolute atomic E-state index is 0.0786. The van der Waals surface area contributed by atoms with E-state index in [2.05, 4.69) is 0 Å². The summed E-state index contributed by atoms with van der Waals surface area (Å²) >= 11 is 0. The van der Waals surface area contributed by atoms with E-state index in [1.54, 1.807) is 0 Å². The Labute approximate surface area is 93.5 Å². The van der Waals surface area contributed by atoms with Gasteiger partial charge in [-0.2, -0.15) is 0 Å². The molecule has 0 saturated heterocycles. The maximum atomic E-state index is 13.2. The van der Waals surface area contributed by atoms with Crippen molar-refractivity contribution in [2.75, 3.05) is 0 Å². The Hall–Kier alpha value is -1.00. The van der Waals surface area contributed by atoms with E-state index in [1.165, 1.54) is 12.1 Å². The molecule has 0 heterocycles. The maximum absolute atomic E-state index is 13.2. The fraction of sp³-hybridized carbons (Fsp3) is 0.500. The fourth-order valence-corrected chi connectivity index (χ4v) is 1.56. The first-order valence-corrected chi connectivity index (χ1v) is 5.35. The van der Waals surface area contributed by atoms with Crippen LogP contribution in [0.15, 0.2) is 18.2 Å². The number of hydrogen-bond acceptors (Lipinski definition) is 2. The second kappa shape index (κ2) is 5.92. The quantitative estimate of drug-likeness (QED) is 0.812. The lowest BCUT2D eigenvalue weighted by atomic mass is 10.0. The molecular formula is C12H16F2O2. The highest BCUT2D eigenvalue weighted by molar-refractivity contribution is 5.19. The van der Waals surface area contributed by atoms with Gasteiger partial charge >= 0.3 is 0 Å². The van der Waals surface area contributed by atoms with Crippen molar-refractivity contribution in [1.82, 2.24) is 0 Å². The van der Waals surface area contributed by atoms with Gasteiger partial charge in [-0.3, -0.25) is 0 Å². The molecule has 0 fully saturated rings. The third-order valence-corrected chi connectivity index (χ3v) is 2.49. The molecular weight excluding hydrogens is 214 g/mol. The van der Waals surface area contributed by atoms with E-state index in [0.29, 0.717) is 6.42 Å². The molecule has 2 N–H and O–H groups in total. The average molecular weight is 230 g/mol. The van der Waals surface area contributed by atoms with Crippen molar-refractivity contribution < 1.29 is 19.0 Å². The molecule has 2 atom stereocenters. The van der Waals surface area contributed by atoms with Gasteiger partial charge in [0.05, 0.1) is 12.2 Å². The van der Waals surface area contributed by atoms with Gasteiger partial charge in [-0.15, -0.1) is 0 Å². The second-order valence-electron chi connectivity index (χ2n) is 3.84. The molecule has 0 saturated carbocycles. The molecule has 2 unspecified atom stereocenters. The predicted octanol–water partition coefficient (Wildman–Crippen LogP) is 2.03. The molecule has 0 aromatic heterocycles. The zero-order chi connectivity index (χ0) is 12.1. The van der Waals surface area contributed by atoms with Crippen LogP contribution >= 0.6 is 0 Å². The summed E-state index contributed by atoms with van der Waals surface area (Å²) in [6, 6.07) is 3.81. The minimum Gasteiger partial charge on any atom is -0.390 e. The summed E-state index contributed by atoms with van der Waals surface area (Å²) in [7, 11) is 0. The number of halogens is 2. The maximum Gasteiger partial charge on any atom is 0.162 e. The fourth-order valence-electron chi connectivity index (χ4n) is 1.56. The summed E-state index contributed by atoms with van der Waals surface area (Å²) in [5, 5.41) is 19.1. The summed E-state index contributed by atoms with van der Waals surface area (Å²) < 4.78 is 26.1. The van der Waals surface area contributed by atoms with E-state index in [4.69, 9.17) is 0 Å². The molecule has 0 aliphatic heterocycles. The highest BCUT2D eigenvalue weighted by Gasteiger charge is 2.18. The number of rotatable bonds is 5. The van der Waals surface area contributed by atoms with E-state index < -0.39 is 23.8 Å². The van der Waals surface area contributed by atoms with Gasteiger partial charge in [0.25, 0.3) is 0 Å². The van der Waals surface area contributed by atoms with Gasteiger partial charge in [0.1, 0.15) is 0 Å². The Balaban J connectivity index is 2.69. The summed E-state index contributed by atoms with van der Waals surface area (Å²) in [6.07, 6.45) is -0.865. The van der Waals surface area contributed by atoms with Crippen LogP contribution in [0.1, 0.15) is 25.3 Å². The van der Waals surface area contributed by atoms with E-state index in [0.717, 1.165) is 12.5 Å². The van der Waals surface area contributed by atoms with Gasteiger partial charge in [-0.05, 0) is 18.1 Å². The van der Waals surface area contributed by atoms with E-state index in [9.17, 15) is 19.0 Å². The van der Waals surface area contributed by atoms with Crippen LogP contribution < -0.4 is 0 Å². The van der Waals surface area contributed by atoms with Crippen molar-refractivity contribution in [2.45, 2.75) is 38.4 Å². The Bertz CT molecular complexity index is 342. The number of hydrogen-bond donors (Lipinski definition) is 2. The first-order valence-electron chi connectivity index (χ1n) is 5.35. The van der Waals surface area contributed by atoms with Crippen molar-refractivity contribution >= 4 is 0 Å². The van der Waals surface area contributed by atoms with Crippen molar-refractivity contribution in [2.24, 2.45) is 0 Å². The molecule has 0 bridgehead atoms. The molecule has 0 amide bonds. The van der Waals surface area contributed by atoms with E-state index in [1.807, 2.05) is 6.92 Å². The molecule has 1 rings (SSSR count). The van der Waals surface area contributed by atoms with Crippen LogP contribution in [-0.4, -0.2) is 22.4 Å². The van der Waals surface area contributed by atoms with Gasteiger partial charge < -0.3 is 10.2 Å². The monoisotopic (exact) mass is 230 g/mol. The molecule has 1 aromatic rings. The normalized spacial score (nSPS) is 14.8. The van der Waals surface area contributed by atoms with Crippen LogP contribution in [-0.2, 0) is 6.42 Å². The Morgan fingerprint density at radius 1 is 1.19 bits per heavy atom. The average Bonchev–Trinajstić information content (AvgIpc) is 2.25. The van der Waals surface area contributed by atoms with Gasteiger partial charge in [0.15, 0.2) is 11.6 Å². The first-order chi connectivity index (χ1) is 7.56. The van der Waals surface area contributed by atoms with E-state index >= 15 is 0 Å². The Morgan fingerprint density at radius 2 is 1.88 bits per heavy atom. The minimum atomic E-state index is -1.06. The molecule has 2 nitrogen and oxygen atoms in total. The molecule has 0 spiro atoms. The summed E-state index contributed by atoms with van der Waals surface area (Å²) in [5.74, 6) is -1.89. The third kappa shape index (κ3) is 3.25. The summed E-state index contributed by atoms with van der Waals surface area (Å²) in [5.41, 5.74) is 0.0858. The van der Waals surface area contributed by atoms with Crippen molar-refractivity contribution in [3.63, 3.8) is 0 Å². The second-order valence-corrected chi connectivity index (χ2v) is 3.84. The molecule has 1 aromatic carbocycles. The van der Waals surface area contributed by atoms with Crippen molar-refractivity contribution in [1.29, 1.82) is 0 Å². The SMILES string of the molecule is CCCC(O)C(O)Cc1cccc(F)c1F. The Morgan fingerprint density at radius 3 is 2.50 bits per heavy atom. The van der Waals surface area contributed by atoms with Gasteiger partial charge in [-0.1, -0.05) is 25.5 Å². The first kappa shape index (κ1) is 13.1. The van der Waals surface area contributed by atoms with E-state index in [-0.39, 0.29) is 12.0 Å². The lowest BCUT2D eigenvalue weighted by Gasteiger charge is -2.17. The smallest absolute Gasteiger partial charge is 0.162 e. The predicted molar refractivity (Wildman–Crippen MR) is 57.0 cm³/mol. The topological polar surface area (TPSA) is 40.5 Å². The highest BCUT2D eigenvalue weighted by Crippen LogP contribution is 2.15. The molecule has 90 valence electrons. The molecule has 0 aliphatic carbocycles. The lowest BCUT2D eigenvalue weighted by molar-refractivity contribution is 0.0143. The standard InChI is InChI=1S/C12H16F2O2/c1-2-4-10(15)11(16)7-8-5-3-6-9(13)12(8)14/h3,5-6,10-11,15-16H,2,4,7H2,1H3. The third-order valence-electron chi connectivity index (χ3n) is 2.49. The highest BCUT2D eigenvalue weighted by atomic mass is 19.2. The molecule has 4 heteroatoms. The van der Waals surface area contributed by atoms with Crippen LogP contribution in [0.2, 0.25) is 0 Å². The number of aliphatic hydroxyl groups is 2. The molecule has 0 radical (unpaired) electrons. The summed E-state index contributed by atoms with van der Waals surface area (Å²) in [4.78, 5) is 0. The number of benzene rings is 1. The Kier molecular flexibility index (Phi) is 4.83. The van der Waals surface area contributed by atoms with Crippen molar-refractivity contribution in [3.05, 3.63) is 35.4 Å². The molecule has 16 heavy (non-hydrogen) atoms. The van der Waals surface area contributed by atoms with Crippen LogP contribution in [0.4, 0.5) is 8.78 Å². The molecule has 0 aliphatic rings. The van der Waals surface area contributed by atoms with Gasteiger partial charge in [0, 0.05) is 6.42 Å². The lowest BCUT2D eigenvalue weighted by Crippen LogP contribution is -2.28. The van der Waals surface area contributed by atoms with Crippen molar-refractivity contribution in [3.8, 4) is 0 Å². The largest absolute Gasteiger partial charge is 0.390 e. The zero-order valence-corrected chi connectivity index (χ0v) is 9.16. The summed E-state index contributed by atoms with van der Waals surface area (Å²) in [6.45, 7) is 1.87. The number of aliphatic hydroxyl groups excluding tert-OH is 2. The van der Waals surface area contributed by atoms with Crippen LogP contribution in [0.25, 0.3) is 0 Å². The zero-order valence-electron chi connectivity index (χ0n) is 9.16. The van der Waals surface area contributed by atoms with Crippen LogP contribution in [0.5, 0.6) is 0 Å². The van der Waals surface area contributed by atoms with Gasteiger partial charge in [0.2, 0.25) is 0 Å². The van der Waals surface area contributed by atoms with Crippen LogP contribution in [0, 0.1) is 11.6 Å².